The van der Waals surface area contributed by atoms with Crippen molar-refractivity contribution in [3.8, 4) is 5.75 Å². The molecule has 1 aromatic carbocycles. The fourth-order valence-corrected chi connectivity index (χ4v) is 3.17. The zero-order valence-electron chi connectivity index (χ0n) is 12.8. The number of benzene rings is 1. The van der Waals surface area contributed by atoms with Crippen LogP contribution in [0.5, 0.6) is 5.75 Å². The molecule has 20 heavy (non-hydrogen) atoms. The van der Waals surface area contributed by atoms with E-state index in [1.165, 1.54) is 36.8 Å². The van der Waals surface area contributed by atoms with E-state index >= 15 is 0 Å². The van der Waals surface area contributed by atoms with E-state index in [1.807, 2.05) is 0 Å². The van der Waals surface area contributed by atoms with Crippen molar-refractivity contribution in [3.05, 3.63) is 29.3 Å². The molecule has 0 bridgehead atoms. The number of nitrogens with zero attached hydrogens (tertiary/aromatic N) is 1. The molecule has 0 amide bonds. The molecule has 1 fully saturated rings. The summed E-state index contributed by atoms with van der Waals surface area (Å²) in [5.74, 6) is 0.956. The zero-order chi connectivity index (χ0) is 14.4. The van der Waals surface area contributed by atoms with Crippen molar-refractivity contribution in [2.45, 2.75) is 45.6 Å². The molecular weight excluding hydrogens is 250 g/mol. The van der Waals surface area contributed by atoms with Gasteiger partial charge in [0.25, 0.3) is 0 Å². The Kier molecular flexibility index (Phi) is 5.86. The lowest BCUT2D eigenvalue weighted by atomic mass is 10.1. The highest BCUT2D eigenvalue weighted by Crippen LogP contribution is 2.23. The van der Waals surface area contributed by atoms with Crippen molar-refractivity contribution in [3.63, 3.8) is 0 Å². The molecule has 1 aromatic rings. The van der Waals surface area contributed by atoms with Crippen LogP contribution in [0.15, 0.2) is 18.2 Å². The summed E-state index contributed by atoms with van der Waals surface area (Å²) in [6, 6.07) is 6.96. The van der Waals surface area contributed by atoms with E-state index in [4.69, 9.17) is 4.74 Å². The summed E-state index contributed by atoms with van der Waals surface area (Å²) < 4.78 is 5.88. The molecule has 112 valence electrons. The molecular formula is C17H27NO2. The van der Waals surface area contributed by atoms with Gasteiger partial charge in [-0.15, -0.1) is 0 Å². The standard InChI is InChI=1S/C17H27NO2/c1-14-11-15(2)13-17(12-14)20-10-8-18(7-9-19)16-5-3-4-6-16/h11-13,16,19H,3-10H2,1-2H3. The van der Waals surface area contributed by atoms with Crippen LogP contribution in [0.1, 0.15) is 36.8 Å². The molecule has 1 N–H and O–H groups in total. The Morgan fingerprint density at radius 2 is 1.75 bits per heavy atom. The lowest BCUT2D eigenvalue weighted by Gasteiger charge is -2.27. The second-order valence-corrected chi connectivity index (χ2v) is 5.87. The van der Waals surface area contributed by atoms with Crippen molar-refractivity contribution in [2.75, 3.05) is 26.3 Å². The normalized spacial score (nSPS) is 16.0. The predicted molar refractivity (Wildman–Crippen MR) is 82.3 cm³/mol. The first-order valence-electron chi connectivity index (χ1n) is 7.75. The van der Waals surface area contributed by atoms with Gasteiger partial charge in [-0.25, -0.2) is 0 Å². The molecule has 1 saturated carbocycles. The van der Waals surface area contributed by atoms with E-state index in [9.17, 15) is 5.11 Å². The Balaban J connectivity index is 1.82. The van der Waals surface area contributed by atoms with E-state index in [2.05, 4.69) is 36.9 Å². The lowest BCUT2D eigenvalue weighted by Crippen LogP contribution is -2.38. The Hall–Kier alpha value is -1.06. The summed E-state index contributed by atoms with van der Waals surface area (Å²) in [4.78, 5) is 2.38. The van der Waals surface area contributed by atoms with Gasteiger partial charge in [-0.3, -0.25) is 4.90 Å². The van der Waals surface area contributed by atoms with Gasteiger partial charge < -0.3 is 9.84 Å². The van der Waals surface area contributed by atoms with E-state index in [0.717, 1.165) is 18.8 Å². The summed E-state index contributed by atoms with van der Waals surface area (Å²) in [6.45, 7) is 6.78. The van der Waals surface area contributed by atoms with E-state index in [-0.39, 0.29) is 6.61 Å². The van der Waals surface area contributed by atoms with Crippen molar-refractivity contribution in [2.24, 2.45) is 0 Å². The molecule has 0 aromatic heterocycles. The van der Waals surface area contributed by atoms with Crippen LogP contribution in [0.2, 0.25) is 0 Å². The van der Waals surface area contributed by atoms with Gasteiger partial charge >= 0.3 is 0 Å². The van der Waals surface area contributed by atoms with E-state index < -0.39 is 0 Å². The largest absolute Gasteiger partial charge is 0.492 e. The molecule has 0 spiro atoms. The minimum atomic E-state index is 0.236. The van der Waals surface area contributed by atoms with Crippen molar-refractivity contribution >= 4 is 0 Å². The second-order valence-electron chi connectivity index (χ2n) is 5.87. The van der Waals surface area contributed by atoms with Crippen molar-refractivity contribution in [1.29, 1.82) is 0 Å². The van der Waals surface area contributed by atoms with Crippen LogP contribution in [0.3, 0.4) is 0 Å². The van der Waals surface area contributed by atoms with Gasteiger partial charge in [0, 0.05) is 19.1 Å². The Morgan fingerprint density at radius 1 is 1.10 bits per heavy atom. The number of hydrogen-bond acceptors (Lipinski definition) is 3. The van der Waals surface area contributed by atoms with Crippen LogP contribution < -0.4 is 4.74 Å². The molecule has 3 nitrogen and oxygen atoms in total. The highest BCUT2D eigenvalue weighted by Gasteiger charge is 2.21. The third-order valence-electron chi connectivity index (χ3n) is 4.07. The average Bonchev–Trinajstić information content (AvgIpc) is 2.90. The first kappa shape index (κ1) is 15.3. The molecule has 0 saturated heterocycles. The first-order chi connectivity index (χ1) is 9.69. The van der Waals surface area contributed by atoms with Crippen molar-refractivity contribution < 1.29 is 9.84 Å². The smallest absolute Gasteiger partial charge is 0.119 e. The molecule has 1 aliphatic rings. The Labute approximate surface area is 122 Å². The molecule has 2 rings (SSSR count). The minimum absolute atomic E-state index is 0.236. The Bertz CT molecular complexity index is 393. The molecule has 0 heterocycles. The monoisotopic (exact) mass is 277 g/mol. The maximum Gasteiger partial charge on any atom is 0.119 e. The fourth-order valence-electron chi connectivity index (χ4n) is 3.17. The van der Waals surface area contributed by atoms with Crippen molar-refractivity contribution in [1.82, 2.24) is 4.90 Å². The maximum atomic E-state index is 9.20. The molecule has 0 atom stereocenters. The molecule has 0 radical (unpaired) electrons. The van der Waals surface area contributed by atoms with Crippen LogP contribution >= 0.6 is 0 Å². The number of ether oxygens (including phenoxy) is 1. The SMILES string of the molecule is Cc1cc(C)cc(OCCN(CCO)C2CCCC2)c1. The summed E-state index contributed by atoms with van der Waals surface area (Å²) in [7, 11) is 0. The van der Waals surface area contributed by atoms with Gasteiger partial charge in [0.2, 0.25) is 0 Å². The van der Waals surface area contributed by atoms with Crippen LogP contribution in [0, 0.1) is 13.8 Å². The summed E-state index contributed by atoms with van der Waals surface area (Å²) in [5.41, 5.74) is 2.48. The number of rotatable bonds is 7. The van der Waals surface area contributed by atoms with Gasteiger partial charge in [-0.05, 0) is 49.9 Å². The summed E-state index contributed by atoms with van der Waals surface area (Å²) >= 11 is 0. The van der Waals surface area contributed by atoms with Crippen LogP contribution in [-0.2, 0) is 0 Å². The highest BCUT2D eigenvalue weighted by molar-refractivity contribution is 5.32. The van der Waals surface area contributed by atoms with Gasteiger partial charge in [0.05, 0.1) is 6.61 Å². The molecule has 3 heteroatoms. The third-order valence-corrected chi connectivity index (χ3v) is 4.07. The molecule has 1 aliphatic carbocycles. The van der Waals surface area contributed by atoms with Crippen LogP contribution in [-0.4, -0.2) is 42.4 Å². The topological polar surface area (TPSA) is 32.7 Å². The third kappa shape index (κ3) is 4.50. The quantitative estimate of drug-likeness (QED) is 0.832. The van der Waals surface area contributed by atoms with Gasteiger partial charge in [-0.1, -0.05) is 18.9 Å². The lowest BCUT2D eigenvalue weighted by molar-refractivity contribution is 0.129. The minimum Gasteiger partial charge on any atom is -0.492 e. The van der Waals surface area contributed by atoms with Gasteiger partial charge in [0.1, 0.15) is 12.4 Å². The van der Waals surface area contributed by atoms with Crippen LogP contribution in [0.25, 0.3) is 0 Å². The van der Waals surface area contributed by atoms with E-state index in [0.29, 0.717) is 12.6 Å². The average molecular weight is 277 g/mol. The first-order valence-corrected chi connectivity index (χ1v) is 7.75. The van der Waals surface area contributed by atoms with Crippen LogP contribution in [0.4, 0.5) is 0 Å². The number of aliphatic hydroxyl groups is 1. The highest BCUT2D eigenvalue weighted by atomic mass is 16.5. The van der Waals surface area contributed by atoms with Gasteiger partial charge in [0.15, 0.2) is 0 Å². The number of aryl methyl sites for hydroxylation is 2. The molecule has 0 unspecified atom stereocenters. The van der Waals surface area contributed by atoms with Gasteiger partial charge in [-0.2, -0.15) is 0 Å². The summed E-state index contributed by atoms with van der Waals surface area (Å²) in [6.07, 6.45) is 5.18. The second kappa shape index (κ2) is 7.65. The zero-order valence-corrected chi connectivity index (χ0v) is 12.8. The number of hydrogen-bond donors (Lipinski definition) is 1. The molecule has 0 aliphatic heterocycles. The van der Waals surface area contributed by atoms with E-state index in [1.54, 1.807) is 0 Å². The summed E-state index contributed by atoms with van der Waals surface area (Å²) in [5, 5.41) is 9.20. The maximum absolute atomic E-state index is 9.20. The predicted octanol–water partition coefficient (Wildman–Crippen LogP) is 2.92. The number of aliphatic hydroxyl groups excluding tert-OH is 1. The fraction of sp³-hybridized carbons (Fsp3) is 0.647. The Morgan fingerprint density at radius 3 is 2.35 bits per heavy atom.